The Morgan fingerprint density at radius 1 is 1.15 bits per heavy atom. The number of ether oxygens (including phenoxy) is 3. The summed E-state index contributed by atoms with van der Waals surface area (Å²) in [4.78, 5) is 11.8. The fourth-order valence-electron chi connectivity index (χ4n) is 4.96. The zero-order chi connectivity index (χ0) is 18.9. The molecule has 150 valence electrons. The van der Waals surface area contributed by atoms with E-state index in [1.165, 1.54) is 18.6 Å². The number of methoxy groups -OCH3 is 1. The van der Waals surface area contributed by atoms with Gasteiger partial charge in [0.1, 0.15) is 5.82 Å². The Bertz CT molecular complexity index is 638. The quantitative estimate of drug-likeness (QED) is 0.542. The van der Waals surface area contributed by atoms with Crippen molar-refractivity contribution in [1.82, 2.24) is 0 Å². The Morgan fingerprint density at radius 2 is 1.96 bits per heavy atom. The summed E-state index contributed by atoms with van der Waals surface area (Å²) in [6.45, 7) is 3.00. The Balaban J connectivity index is 1.41. The summed E-state index contributed by atoms with van der Waals surface area (Å²) in [5.41, 5.74) is 0.402. The van der Waals surface area contributed by atoms with E-state index in [2.05, 4.69) is 0 Å². The van der Waals surface area contributed by atoms with Crippen LogP contribution in [0.2, 0.25) is 0 Å². The Labute approximate surface area is 160 Å². The molecule has 2 bridgehead atoms. The van der Waals surface area contributed by atoms with Gasteiger partial charge in [-0.25, -0.2) is 14.2 Å². The van der Waals surface area contributed by atoms with Crippen LogP contribution in [0.1, 0.15) is 51.0 Å². The molecule has 1 saturated carbocycles. The molecule has 0 N–H and O–H groups in total. The van der Waals surface area contributed by atoms with Gasteiger partial charge in [0.05, 0.1) is 6.61 Å². The van der Waals surface area contributed by atoms with Gasteiger partial charge in [-0.1, -0.05) is 18.6 Å². The summed E-state index contributed by atoms with van der Waals surface area (Å²) in [6, 6.07) is 6.42. The van der Waals surface area contributed by atoms with Gasteiger partial charge in [0.25, 0.3) is 0 Å². The van der Waals surface area contributed by atoms with Gasteiger partial charge in [-0.2, -0.15) is 0 Å². The molecule has 1 aromatic rings. The summed E-state index contributed by atoms with van der Waals surface area (Å²) in [6.07, 6.45) is 5.57. The molecule has 5 rings (SSSR count). The van der Waals surface area contributed by atoms with Crippen LogP contribution in [0.25, 0.3) is 0 Å². The molecule has 5 atom stereocenters. The van der Waals surface area contributed by atoms with Crippen molar-refractivity contribution in [3.63, 3.8) is 0 Å². The molecular formula is C21H29FO5. The van der Waals surface area contributed by atoms with E-state index in [1.807, 2.05) is 6.92 Å². The van der Waals surface area contributed by atoms with E-state index in [9.17, 15) is 4.39 Å². The number of halogens is 1. The molecule has 27 heavy (non-hydrogen) atoms. The fourth-order valence-corrected chi connectivity index (χ4v) is 4.96. The average molecular weight is 380 g/mol. The molecule has 3 saturated heterocycles. The first kappa shape index (κ1) is 19.3. The van der Waals surface area contributed by atoms with Gasteiger partial charge in [-0.15, -0.1) is 0 Å². The monoisotopic (exact) mass is 380 g/mol. The minimum absolute atomic E-state index is 0.230. The maximum Gasteiger partial charge on any atom is 0.201 e. The number of hydrogen-bond acceptors (Lipinski definition) is 5. The third-order valence-corrected chi connectivity index (χ3v) is 6.42. The van der Waals surface area contributed by atoms with E-state index in [4.69, 9.17) is 24.0 Å². The summed E-state index contributed by atoms with van der Waals surface area (Å²) in [7, 11) is 1.68. The number of rotatable bonds is 6. The first-order valence-electron chi connectivity index (χ1n) is 9.95. The van der Waals surface area contributed by atoms with Gasteiger partial charge in [0.2, 0.25) is 5.79 Å². The minimum Gasteiger partial charge on any atom is -0.377 e. The van der Waals surface area contributed by atoms with Crippen molar-refractivity contribution in [3.05, 3.63) is 35.6 Å². The second kappa shape index (κ2) is 7.76. The molecule has 0 unspecified atom stereocenters. The van der Waals surface area contributed by atoms with Crippen LogP contribution >= 0.6 is 0 Å². The van der Waals surface area contributed by atoms with E-state index < -0.39 is 17.7 Å². The van der Waals surface area contributed by atoms with Crippen molar-refractivity contribution in [2.24, 2.45) is 11.8 Å². The summed E-state index contributed by atoms with van der Waals surface area (Å²) in [5, 5.41) is 0. The van der Waals surface area contributed by atoms with Crippen molar-refractivity contribution in [1.29, 1.82) is 0 Å². The largest absolute Gasteiger partial charge is 0.377 e. The standard InChI is InChI=1S/C21H29FO5/c1-20-12-10-16-4-3-5-17(21(16,27-26-20)19(23-2)25-20)11-13-24-14-15-6-8-18(22)9-7-15/h6-9,16-17,19H,3-5,10-14H2,1-2H3/t16-,17+,19+,20+,21-/m1/s1. The van der Waals surface area contributed by atoms with Gasteiger partial charge >= 0.3 is 0 Å². The van der Waals surface area contributed by atoms with Gasteiger partial charge in [0.15, 0.2) is 11.9 Å². The topological polar surface area (TPSA) is 46.2 Å². The van der Waals surface area contributed by atoms with Gasteiger partial charge in [-0.05, 0) is 62.1 Å². The Morgan fingerprint density at radius 3 is 2.74 bits per heavy atom. The predicted molar refractivity (Wildman–Crippen MR) is 95.9 cm³/mol. The summed E-state index contributed by atoms with van der Waals surface area (Å²) < 4.78 is 30.8. The van der Waals surface area contributed by atoms with Crippen LogP contribution in [-0.4, -0.2) is 31.4 Å². The molecule has 1 aromatic carbocycles. The van der Waals surface area contributed by atoms with Crippen molar-refractivity contribution in [2.45, 2.75) is 69.7 Å². The highest BCUT2D eigenvalue weighted by atomic mass is 19.1. The molecular weight excluding hydrogens is 351 g/mol. The highest BCUT2D eigenvalue weighted by molar-refractivity contribution is 5.15. The van der Waals surface area contributed by atoms with Crippen LogP contribution in [0.4, 0.5) is 4.39 Å². The molecule has 0 radical (unpaired) electrons. The third-order valence-electron chi connectivity index (χ3n) is 6.42. The first-order chi connectivity index (χ1) is 13.1. The zero-order valence-electron chi connectivity index (χ0n) is 16.1. The van der Waals surface area contributed by atoms with Crippen LogP contribution in [-0.2, 0) is 30.6 Å². The van der Waals surface area contributed by atoms with Gasteiger partial charge < -0.3 is 14.2 Å². The van der Waals surface area contributed by atoms with Crippen molar-refractivity contribution < 1.29 is 28.4 Å². The Kier molecular flexibility index (Phi) is 5.54. The molecule has 3 heterocycles. The lowest BCUT2D eigenvalue weighted by atomic mass is 9.65. The second-order valence-corrected chi connectivity index (χ2v) is 8.17. The normalized spacial score (nSPS) is 38.4. The molecule has 1 spiro atoms. The maximum atomic E-state index is 13.0. The molecule has 0 aromatic heterocycles. The van der Waals surface area contributed by atoms with Crippen LogP contribution in [0.3, 0.4) is 0 Å². The maximum absolute atomic E-state index is 13.0. The Hall–Kier alpha value is -1.05. The highest BCUT2D eigenvalue weighted by Gasteiger charge is 2.63. The summed E-state index contributed by atoms with van der Waals surface area (Å²) >= 11 is 0. The molecule has 0 amide bonds. The van der Waals surface area contributed by atoms with Crippen LogP contribution in [0.15, 0.2) is 24.3 Å². The lowest BCUT2D eigenvalue weighted by Crippen LogP contribution is -2.63. The number of fused-ring (bicyclic) bond motifs is 3. The van der Waals surface area contributed by atoms with E-state index in [1.54, 1.807) is 19.2 Å². The van der Waals surface area contributed by atoms with E-state index >= 15 is 0 Å². The van der Waals surface area contributed by atoms with Crippen LogP contribution in [0, 0.1) is 17.7 Å². The lowest BCUT2D eigenvalue weighted by molar-refractivity contribution is -0.554. The van der Waals surface area contributed by atoms with Gasteiger partial charge in [0, 0.05) is 20.1 Å². The fraction of sp³-hybridized carbons (Fsp3) is 0.714. The van der Waals surface area contributed by atoms with Crippen molar-refractivity contribution in [3.8, 4) is 0 Å². The minimum atomic E-state index is -0.729. The molecule has 1 aliphatic carbocycles. The summed E-state index contributed by atoms with van der Waals surface area (Å²) in [5.74, 6) is -0.349. The average Bonchev–Trinajstić information content (AvgIpc) is 2.91. The number of benzene rings is 1. The second-order valence-electron chi connectivity index (χ2n) is 8.17. The van der Waals surface area contributed by atoms with E-state index in [0.717, 1.165) is 37.7 Å². The van der Waals surface area contributed by atoms with E-state index in [-0.39, 0.29) is 11.7 Å². The lowest BCUT2D eigenvalue weighted by Gasteiger charge is -2.53. The van der Waals surface area contributed by atoms with Crippen molar-refractivity contribution >= 4 is 0 Å². The van der Waals surface area contributed by atoms with Crippen LogP contribution in [0.5, 0.6) is 0 Å². The molecule has 4 fully saturated rings. The highest BCUT2D eigenvalue weighted by Crippen LogP contribution is 2.55. The SMILES string of the molecule is CO[C@H]1O[C@]2(C)CC[C@H]3CCC[C@@H](CCOCc4ccc(F)cc4)[C@]31OO2. The smallest absolute Gasteiger partial charge is 0.201 e. The van der Waals surface area contributed by atoms with Crippen molar-refractivity contribution in [2.75, 3.05) is 13.7 Å². The number of hydrogen-bond donors (Lipinski definition) is 0. The molecule has 4 aliphatic rings. The van der Waals surface area contributed by atoms with E-state index in [0.29, 0.717) is 19.1 Å². The zero-order valence-corrected chi connectivity index (χ0v) is 16.1. The van der Waals surface area contributed by atoms with Gasteiger partial charge in [-0.3, -0.25) is 0 Å². The predicted octanol–water partition coefficient (Wildman–Crippen LogP) is 4.35. The third kappa shape index (κ3) is 3.66. The molecule has 3 aliphatic heterocycles. The molecule has 5 nitrogen and oxygen atoms in total. The molecule has 6 heteroatoms. The first-order valence-corrected chi connectivity index (χ1v) is 9.95. The van der Waals surface area contributed by atoms with Crippen LogP contribution < -0.4 is 0 Å².